The third kappa shape index (κ3) is 2.26. The minimum absolute atomic E-state index is 0.0826. The van der Waals surface area contributed by atoms with Crippen LogP contribution in [0.25, 0.3) is 0 Å². The van der Waals surface area contributed by atoms with Crippen LogP contribution in [-0.4, -0.2) is 53.5 Å². The molecule has 1 amide bonds. The number of fused-ring (bicyclic) bond motifs is 1. The fourth-order valence-corrected chi connectivity index (χ4v) is 3.89. The van der Waals surface area contributed by atoms with Crippen LogP contribution in [0.1, 0.15) is 29.3 Å². The number of aryl methyl sites for hydroxylation is 1. The van der Waals surface area contributed by atoms with Gasteiger partial charge in [-0.15, -0.1) is 11.3 Å². The lowest BCUT2D eigenvalue weighted by molar-refractivity contribution is -0.139. The number of nitrogens with zero attached hydrogens (tertiary/aromatic N) is 3. The molecule has 0 saturated carbocycles. The first-order chi connectivity index (χ1) is 9.56. The van der Waals surface area contributed by atoms with Gasteiger partial charge in [-0.1, -0.05) is 0 Å². The van der Waals surface area contributed by atoms with Gasteiger partial charge >= 0.3 is 5.97 Å². The molecule has 0 radical (unpaired) electrons. The summed E-state index contributed by atoms with van der Waals surface area (Å²) in [5, 5.41) is 10.1. The first-order valence-corrected chi connectivity index (χ1v) is 7.59. The van der Waals surface area contributed by atoms with E-state index >= 15 is 0 Å². The lowest BCUT2D eigenvalue weighted by atomic mass is 9.91. The van der Waals surface area contributed by atoms with E-state index in [1.54, 1.807) is 23.3 Å². The Hall–Kier alpha value is -1.63. The molecule has 1 unspecified atom stereocenters. The number of carbonyl (C=O) groups is 2. The number of carbonyl (C=O) groups excluding carboxylic acids is 1. The number of rotatable bonds is 2. The van der Waals surface area contributed by atoms with Crippen molar-refractivity contribution in [3.63, 3.8) is 0 Å². The highest BCUT2D eigenvalue weighted by molar-refractivity contribution is 7.15. The van der Waals surface area contributed by atoms with Crippen LogP contribution < -0.4 is 4.90 Å². The van der Waals surface area contributed by atoms with Crippen LogP contribution in [-0.2, 0) is 16.0 Å². The number of hydrogen-bond donors (Lipinski definition) is 1. The molecule has 1 aromatic rings. The average molecular weight is 295 g/mol. The maximum atomic E-state index is 11.8. The molecule has 1 atom stereocenters. The summed E-state index contributed by atoms with van der Waals surface area (Å²) in [7, 11) is 1.80. The Kier molecular flexibility index (Phi) is 3.37. The van der Waals surface area contributed by atoms with E-state index < -0.39 is 11.9 Å². The molecule has 2 heterocycles. The van der Waals surface area contributed by atoms with Gasteiger partial charge in [0.05, 0.1) is 12.2 Å². The Morgan fingerprint density at radius 2 is 2.25 bits per heavy atom. The molecular formula is C13H17N3O3S. The summed E-state index contributed by atoms with van der Waals surface area (Å²) in [6, 6.07) is 0. The van der Waals surface area contributed by atoms with Crippen molar-refractivity contribution in [2.24, 2.45) is 0 Å². The summed E-state index contributed by atoms with van der Waals surface area (Å²) >= 11 is 1.55. The van der Waals surface area contributed by atoms with Crippen LogP contribution in [0.5, 0.6) is 0 Å². The topological polar surface area (TPSA) is 73.7 Å². The predicted molar refractivity (Wildman–Crippen MR) is 75.3 cm³/mol. The van der Waals surface area contributed by atoms with Crippen molar-refractivity contribution in [3.05, 3.63) is 10.6 Å². The molecule has 7 heteroatoms. The van der Waals surface area contributed by atoms with Gasteiger partial charge in [-0.3, -0.25) is 9.59 Å². The zero-order chi connectivity index (χ0) is 14.3. The number of piperazine rings is 1. The number of likely N-dealkylation sites (N-methyl/N-ethyl adjacent to an activating group) is 1. The van der Waals surface area contributed by atoms with Gasteiger partial charge in [0.2, 0.25) is 5.91 Å². The SMILES string of the molecule is CN1CCN(c2nc3c(s2)CCCC3C(=O)O)CC1=O. The molecule has 1 N–H and O–H groups in total. The van der Waals surface area contributed by atoms with Crippen molar-refractivity contribution >= 4 is 28.3 Å². The van der Waals surface area contributed by atoms with Crippen molar-refractivity contribution in [2.75, 3.05) is 31.6 Å². The number of carboxylic acid groups (broad SMARTS) is 1. The minimum Gasteiger partial charge on any atom is -0.481 e. The molecule has 20 heavy (non-hydrogen) atoms. The second-order valence-corrected chi connectivity index (χ2v) is 6.39. The fourth-order valence-electron chi connectivity index (χ4n) is 2.70. The van der Waals surface area contributed by atoms with Crippen LogP contribution in [0.15, 0.2) is 0 Å². The third-order valence-corrected chi connectivity index (χ3v) is 5.16. The monoisotopic (exact) mass is 295 g/mol. The molecule has 0 spiro atoms. The quantitative estimate of drug-likeness (QED) is 0.878. The molecule has 2 aliphatic rings. The highest BCUT2D eigenvalue weighted by atomic mass is 32.1. The molecule has 0 aromatic carbocycles. The standard InChI is InChI=1S/C13H17N3O3S/c1-15-5-6-16(7-10(15)17)13-14-11-8(12(18)19)3-2-4-9(11)20-13/h8H,2-7H2,1H3,(H,18,19). The van der Waals surface area contributed by atoms with Crippen molar-refractivity contribution in [1.29, 1.82) is 0 Å². The summed E-state index contributed by atoms with van der Waals surface area (Å²) in [6.07, 6.45) is 2.46. The average Bonchev–Trinajstić information content (AvgIpc) is 2.85. The summed E-state index contributed by atoms with van der Waals surface area (Å²) in [6.45, 7) is 1.78. The van der Waals surface area contributed by atoms with Crippen molar-refractivity contribution in [2.45, 2.75) is 25.2 Å². The molecule has 6 nitrogen and oxygen atoms in total. The number of thiazole rings is 1. The first-order valence-electron chi connectivity index (χ1n) is 6.77. The third-order valence-electron chi connectivity index (χ3n) is 3.97. The first kappa shape index (κ1) is 13.4. The second kappa shape index (κ2) is 5.05. The summed E-state index contributed by atoms with van der Waals surface area (Å²) in [5.41, 5.74) is 0.718. The van der Waals surface area contributed by atoms with E-state index in [9.17, 15) is 14.7 Å². The van der Waals surface area contributed by atoms with Crippen LogP contribution >= 0.6 is 11.3 Å². The van der Waals surface area contributed by atoms with Gasteiger partial charge < -0.3 is 14.9 Å². The molecule has 0 bridgehead atoms. The van der Waals surface area contributed by atoms with E-state index in [1.165, 1.54) is 0 Å². The molecular weight excluding hydrogens is 278 g/mol. The predicted octanol–water partition coefficient (Wildman–Crippen LogP) is 0.926. The lowest BCUT2D eigenvalue weighted by Crippen LogP contribution is -2.48. The van der Waals surface area contributed by atoms with Gasteiger partial charge in [-0.05, 0) is 19.3 Å². The van der Waals surface area contributed by atoms with Crippen LogP contribution in [0.4, 0.5) is 5.13 Å². The number of aliphatic carboxylic acids is 1. The number of carboxylic acids is 1. The highest BCUT2D eigenvalue weighted by Gasteiger charge is 2.32. The van der Waals surface area contributed by atoms with E-state index in [4.69, 9.17) is 0 Å². The molecule has 1 saturated heterocycles. The molecule has 3 rings (SSSR count). The van der Waals surface area contributed by atoms with Gasteiger partial charge in [0, 0.05) is 25.0 Å². The number of anilines is 1. The molecule has 1 aliphatic heterocycles. The summed E-state index contributed by atoms with van der Waals surface area (Å²) in [5.74, 6) is -1.19. The second-order valence-electron chi connectivity index (χ2n) is 5.32. The zero-order valence-electron chi connectivity index (χ0n) is 11.3. The minimum atomic E-state index is -0.794. The number of aromatic nitrogens is 1. The Morgan fingerprint density at radius 3 is 2.95 bits per heavy atom. The lowest BCUT2D eigenvalue weighted by Gasteiger charge is -2.31. The summed E-state index contributed by atoms with van der Waals surface area (Å²) < 4.78 is 0. The fraction of sp³-hybridized carbons (Fsp3) is 0.615. The number of amides is 1. The van der Waals surface area contributed by atoms with E-state index in [-0.39, 0.29) is 5.91 Å². The van der Waals surface area contributed by atoms with Gasteiger partial charge in [0.1, 0.15) is 5.92 Å². The van der Waals surface area contributed by atoms with E-state index in [2.05, 4.69) is 4.98 Å². The zero-order valence-corrected chi connectivity index (χ0v) is 12.2. The van der Waals surface area contributed by atoms with E-state index in [0.717, 1.165) is 35.1 Å². The maximum absolute atomic E-state index is 11.8. The normalized spacial score (nSPS) is 22.9. The molecule has 1 fully saturated rings. The highest BCUT2D eigenvalue weighted by Crippen LogP contribution is 2.38. The van der Waals surface area contributed by atoms with Gasteiger partial charge in [-0.25, -0.2) is 4.98 Å². The van der Waals surface area contributed by atoms with Crippen LogP contribution in [0.3, 0.4) is 0 Å². The molecule has 1 aliphatic carbocycles. The van der Waals surface area contributed by atoms with Crippen molar-refractivity contribution in [1.82, 2.24) is 9.88 Å². The van der Waals surface area contributed by atoms with E-state index in [1.807, 2.05) is 4.90 Å². The van der Waals surface area contributed by atoms with Crippen molar-refractivity contribution in [3.8, 4) is 0 Å². The maximum Gasteiger partial charge on any atom is 0.312 e. The largest absolute Gasteiger partial charge is 0.481 e. The number of hydrogen-bond acceptors (Lipinski definition) is 5. The van der Waals surface area contributed by atoms with Crippen molar-refractivity contribution < 1.29 is 14.7 Å². The van der Waals surface area contributed by atoms with E-state index in [0.29, 0.717) is 19.5 Å². The Balaban J connectivity index is 1.86. The Morgan fingerprint density at radius 1 is 1.45 bits per heavy atom. The molecule has 108 valence electrons. The smallest absolute Gasteiger partial charge is 0.312 e. The Labute approximate surface area is 121 Å². The van der Waals surface area contributed by atoms with Gasteiger partial charge in [-0.2, -0.15) is 0 Å². The Bertz CT molecular complexity index is 557. The van der Waals surface area contributed by atoms with Crippen LogP contribution in [0.2, 0.25) is 0 Å². The molecule has 1 aromatic heterocycles. The van der Waals surface area contributed by atoms with Gasteiger partial charge in [0.15, 0.2) is 5.13 Å². The van der Waals surface area contributed by atoms with Gasteiger partial charge in [0.25, 0.3) is 0 Å². The van der Waals surface area contributed by atoms with Crippen LogP contribution in [0, 0.1) is 0 Å². The summed E-state index contributed by atoms with van der Waals surface area (Å²) in [4.78, 5) is 32.3.